The molecule has 1 amide bonds. The lowest BCUT2D eigenvalue weighted by Gasteiger charge is -2.20. The second-order valence-electron chi connectivity index (χ2n) is 4.44. The average Bonchev–Trinajstić information content (AvgIpc) is 2.71. The van der Waals surface area contributed by atoms with E-state index in [2.05, 4.69) is 31.1 Å². The van der Waals surface area contributed by atoms with Crippen LogP contribution >= 0.6 is 11.3 Å². The summed E-state index contributed by atoms with van der Waals surface area (Å²) in [5, 5.41) is 0. The van der Waals surface area contributed by atoms with E-state index in [1.807, 2.05) is 6.07 Å². The van der Waals surface area contributed by atoms with E-state index in [0.717, 1.165) is 32.5 Å². The molecular formula is C13H23N3OS. The van der Waals surface area contributed by atoms with E-state index >= 15 is 0 Å². The summed E-state index contributed by atoms with van der Waals surface area (Å²) in [5.74, 6) is 4.95. The summed E-state index contributed by atoms with van der Waals surface area (Å²) < 4.78 is 0. The summed E-state index contributed by atoms with van der Waals surface area (Å²) in [5.41, 5.74) is 3.42. The normalized spacial score (nSPS) is 10.9. The van der Waals surface area contributed by atoms with Crippen molar-refractivity contribution >= 4 is 17.2 Å². The monoisotopic (exact) mass is 269 g/mol. The molecule has 1 aromatic rings. The van der Waals surface area contributed by atoms with Gasteiger partial charge in [-0.05, 0) is 44.5 Å². The Morgan fingerprint density at radius 3 is 2.50 bits per heavy atom. The van der Waals surface area contributed by atoms with Gasteiger partial charge in [-0.25, -0.2) is 5.84 Å². The molecule has 0 fully saturated rings. The first-order valence-electron chi connectivity index (χ1n) is 6.44. The summed E-state index contributed by atoms with van der Waals surface area (Å²) in [6.45, 7) is 9.56. The second-order valence-corrected chi connectivity index (χ2v) is 5.70. The molecule has 0 spiro atoms. The van der Waals surface area contributed by atoms with E-state index in [9.17, 15) is 4.79 Å². The van der Waals surface area contributed by atoms with E-state index in [1.54, 1.807) is 0 Å². The fourth-order valence-corrected chi connectivity index (χ4v) is 2.94. The smallest absolute Gasteiger partial charge is 0.275 e. The molecule has 0 radical (unpaired) electrons. The molecule has 0 unspecified atom stereocenters. The number of nitrogens with zero attached hydrogens (tertiary/aromatic N) is 1. The second kappa shape index (κ2) is 7.51. The first kappa shape index (κ1) is 15.1. The highest BCUT2D eigenvalue weighted by Crippen LogP contribution is 2.23. The maximum atomic E-state index is 11.5. The zero-order valence-electron chi connectivity index (χ0n) is 11.5. The first-order chi connectivity index (χ1) is 8.62. The Morgan fingerprint density at radius 1 is 1.39 bits per heavy atom. The third kappa shape index (κ3) is 4.08. The molecule has 5 heteroatoms. The quantitative estimate of drug-likeness (QED) is 0.453. The topological polar surface area (TPSA) is 58.4 Å². The number of hydrazine groups is 1. The third-order valence-electron chi connectivity index (χ3n) is 2.85. The van der Waals surface area contributed by atoms with Gasteiger partial charge in [0.2, 0.25) is 0 Å². The lowest BCUT2D eigenvalue weighted by molar-refractivity contribution is 0.0957. The maximum Gasteiger partial charge on any atom is 0.275 e. The van der Waals surface area contributed by atoms with Gasteiger partial charge in [-0.2, -0.15) is 0 Å². The molecule has 3 N–H and O–H groups in total. The Labute approximate surface area is 113 Å². The number of carbonyl (C=O) groups excluding carboxylic acids is 1. The lowest BCUT2D eigenvalue weighted by Crippen LogP contribution is -2.29. The Morgan fingerprint density at radius 2 is 2.00 bits per heavy atom. The predicted octanol–water partition coefficient (Wildman–Crippen LogP) is 2.28. The Kier molecular flexibility index (Phi) is 6.32. The van der Waals surface area contributed by atoms with Crippen LogP contribution in [0.25, 0.3) is 0 Å². The molecule has 0 aromatic carbocycles. The van der Waals surface area contributed by atoms with E-state index in [4.69, 9.17) is 5.84 Å². The van der Waals surface area contributed by atoms with Crippen LogP contribution in [0, 0.1) is 6.92 Å². The molecule has 1 rings (SSSR count). The minimum Gasteiger partial charge on any atom is -0.299 e. The van der Waals surface area contributed by atoms with Gasteiger partial charge in [-0.15, -0.1) is 11.3 Å². The number of nitrogen functional groups attached to an aromatic ring is 1. The van der Waals surface area contributed by atoms with Gasteiger partial charge < -0.3 is 0 Å². The molecule has 0 aliphatic carbocycles. The average molecular weight is 269 g/mol. The van der Waals surface area contributed by atoms with Crippen LogP contribution in [0.4, 0.5) is 0 Å². The van der Waals surface area contributed by atoms with Crippen molar-refractivity contribution in [1.29, 1.82) is 0 Å². The number of hydrogen-bond acceptors (Lipinski definition) is 4. The van der Waals surface area contributed by atoms with Crippen LogP contribution in [0.2, 0.25) is 0 Å². The van der Waals surface area contributed by atoms with Crippen molar-refractivity contribution in [3.8, 4) is 0 Å². The number of amides is 1. The van der Waals surface area contributed by atoms with Crippen molar-refractivity contribution < 1.29 is 4.79 Å². The van der Waals surface area contributed by atoms with Crippen LogP contribution < -0.4 is 11.3 Å². The van der Waals surface area contributed by atoms with Gasteiger partial charge in [0.15, 0.2) is 0 Å². The van der Waals surface area contributed by atoms with Crippen molar-refractivity contribution in [3.63, 3.8) is 0 Å². The van der Waals surface area contributed by atoms with E-state index < -0.39 is 0 Å². The number of rotatable bonds is 7. The van der Waals surface area contributed by atoms with Crippen molar-refractivity contribution in [2.24, 2.45) is 5.84 Å². The fraction of sp³-hybridized carbons (Fsp3) is 0.615. The van der Waals surface area contributed by atoms with E-state index in [-0.39, 0.29) is 5.91 Å². The van der Waals surface area contributed by atoms with Gasteiger partial charge in [0.05, 0.1) is 4.88 Å². The molecule has 1 aromatic heterocycles. The molecule has 0 aliphatic heterocycles. The minimum absolute atomic E-state index is 0.202. The lowest BCUT2D eigenvalue weighted by atomic mass is 10.2. The highest BCUT2D eigenvalue weighted by Gasteiger charge is 2.13. The third-order valence-corrected chi connectivity index (χ3v) is 3.94. The van der Waals surface area contributed by atoms with Gasteiger partial charge >= 0.3 is 0 Å². The molecule has 102 valence electrons. The zero-order chi connectivity index (χ0) is 13.5. The number of aryl methyl sites for hydroxylation is 1. The number of nitrogens with two attached hydrogens (primary N) is 1. The van der Waals surface area contributed by atoms with Crippen LogP contribution in [0.15, 0.2) is 6.07 Å². The van der Waals surface area contributed by atoms with Crippen molar-refractivity contribution in [1.82, 2.24) is 10.3 Å². The molecule has 1 heterocycles. The molecule has 0 saturated carbocycles. The number of hydrogen-bond donors (Lipinski definition) is 2. The van der Waals surface area contributed by atoms with Crippen molar-refractivity contribution in [2.45, 2.75) is 40.2 Å². The van der Waals surface area contributed by atoms with Gasteiger partial charge in [0, 0.05) is 11.4 Å². The number of carbonyl (C=O) groups is 1. The molecule has 0 saturated heterocycles. The SMILES string of the molecule is CCCN(CCC)Cc1cc(C(=O)NN)sc1C. The Balaban J connectivity index is 2.76. The molecule has 18 heavy (non-hydrogen) atoms. The summed E-state index contributed by atoms with van der Waals surface area (Å²) in [6, 6.07) is 1.96. The molecule has 0 aliphatic rings. The largest absolute Gasteiger partial charge is 0.299 e. The summed E-state index contributed by atoms with van der Waals surface area (Å²) >= 11 is 1.51. The Hall–Kier alpha value is -0.910. The maximum absolute atomic E-state index is 11.5. The molecule has 0 atom stereocenters. The molecule has 0 bridgehead atoms. The van der Waals surface area contributed by atoms with Crippen molar-refractivity contribution in [3.05, 3.63) is 21.4 Å². The highest BCUT2D eigenvalue weighted by molar-refractivity contribution is 7.14. The summed E-state index contributed by atoms with van der Waals surface area (Å²) in [6.07, 6.45) is 2.30. The molecular weight excluding hydrogens is 246 g/mol. The van der Waals surface area contributed by atoms with Crippen molar-refractivity contribution in [2.75, 3.05) is 13.1 Å². The zero-order valence-corrected chi connectivity index (χ0v) is 12.3. The number of thiophene rings is 1. The summed E-state index contributed by atoms with van der Waals surface area (Å²) in [7, 11) is 0. The summed E-state index contributed by atoms with van der Waals surface area (Å²) in [4.78, 5) is 15.8. The van der Waals surface area contributed by atoms with Gasteiger partial charge in [0.1, 0.15) is 0 Å². The first-order valence-corrected chi connectivity index (χ1v) is 7.26. The van der Waals surface area contributed by atoms with E-state index in [0.29, 0.717) is 4.88 Å². The Bertz CT molecular complexity index is 384. The minimum atomic E-state index is -0.202. The van der Waals surface area contributed by atoms with Gasteiger partial charge in [0.25, 0.3) is 5.91 Å². The van der Waals surface area contributed by atoms with Gasteiger partial charge in [-0.3, -0.25) is 15.1 Å². The van der Waals surface area contributed by atoms with Crippen LogP contribution in [-0.4, -0.2) is 23.9 Å². The van der Waals surface area contributed by atoms with E-state index in [1.165, 1.54) is 21.8 Å². The highest BCUT2D eigenvalue weighted by atomic mass is 32.1. The van der Waals surface area contributed by atoms with Crippen LogP contribution in [-0.2, 0) is 6.54 Å². The standard InChI is InChI=1S/C13H23N3OS/c1-4-6-16(7-5-2)9-11-8-12(13(17)15-14)18-10(11)3/h8H,4-7,9,14H2,1-3H3,(H,15,17). The van der Waals surface area contributed by atoms with Crippen LogP contribution in [0.5, 0.6) is 0 Å². The molecule has 4 nitrogen and oxygen atoms in total. The van der Waals surface area contributed by atoms with Gasteiger partial charge in [-0.1, -0.05) is 13.8 Å². The number of nitrogens with one attached hydrogen (secondary N) is 1. The fourth-order valence-electron chi connectivity index (χ4n) is 2.00. The predicted molar refractivity (Wildman–Crippen MR) is 76.6 cm³/mol. The van der Waals surface area contributed by atoms with Crippen LogP contribution in [0.1, 0.15) is 46.8 Å². The van der Waals surface area contributed by atoms with Crippen LogP contribution in [0.3, 0.4) is 0 Å².